The van der Waals surface area contributed by atoms with E-state index in [2.05, 4.69) is 4.72 Å². The third-order valence-electron chi connectivity index (χ3n) is 2.40. The Balaban J connectivity index is 2.83. The molecular formula is C9H16N2O2S. The van der Waals surface area contributed by atoms with E-state index in [1.807, 2.05) is 31.5 Å². The van der Waals surface area contributed by atoms with Gasteiger partial charge in [-0.3, -0.25) is 0 Å². The van der Waals surface area contributed by atoms with Gasteiger partial charge in [0.1, 0.15) is 0 Å². The molecule has 0 saturated heterocycles. The molecule has 1 heterocycles. The normalized spacial score (nSPS) is 12.0. The molecular weight excluding hydrogens is 200 g/mol. The standard InChI is InChI=1S/C9H16N2O2S/c1-7-5-9(8(2)11(7)3)6-10-14(4,12)13/h5,10H,6H2,1-4H3. The smallest absolute Gasteiger partial charge is 0.209 e. The maximum Gasteiger partial charge on any atom is 0.209 e. The molecule has 4 nitrogen and oxygen atoms in total. The number of rotatable bonds is 3. The average molecular weight is 216 g/mol. The first-order valence-electron chi connectivity index (χ1n) is 4.37. The zero-order valence-corrected chi connectivity index (χ0v) is 9.77. The minimum Gasteiger partial charge on any atom is -0.352 e. The van der Waals surface area contributed by atoms with Crippen molar-refractivity contribution in [2.75, 3.05) is 6.26 Å². The zero-order chi connectivity index (χ0) is 10.9. The highest BCUT2D eigenvalue weighted by Gasteiger charge is 2.07. The van der Waals surface area contributed by atoms with Crippen LogP contribution in [0.3, 0.4) is 0 Å². The lowest BCUT2D eigenvalue weighted by Crippen LogP contribution is -2.21. The largest absolute Gasteiger partial charge is 0.352 e. The Hall–Kier alpha value is -0.810. The Morgan fingerprint density at radius 1 is 1.43 bits per heavy atom. The summed E-state index contributed by atoms with van der Waals surface area (Å²) in [4.78, 5) is 0. The van der Waals surface area contributed by atoms with Gasteiger partial charge in [0.05, 0.1) is 6.26 Å². The van der Waals surface area contributed by atoms with Gasteiger partial charge >= 0.3 is 0 Å². The van der Waals surface area contributed by atoms with Crippen LogP contribution in [-0.2, 0) is 23.6 Å². The molecule has 0 aliphatic rings. The van der Waals surface area contributed by atoms with Gasteiger partial charge in [0.25, 0.3) is 0 Å². The van der Waals surface area contributed by atoms with E-state index in [-0.39, 0.29) is 0 Å². The number of aromatic nitrogens is 1. The molecule has 1 aromatic rings. The second kappa shape index (κ2) is 3.74. The van der Waals surface area contributed by atoms with E-state index in [0.29, 0.717) is 6.54 Å². The van der Waals surface area contributed by atoms with Crippen LogP contribution in [0, 0.1) is 13.8 Å². The van der Waals surface area contributed by atoms with Crippen LogP contribution in [0.25, 0.3) is 0 Å². The van der Waals surface area contributed by atoms with Crippen LogP contribution in [0.1, 0.15) is 17.0 Å². The average Bonchev–Trinajstić information content (AvgIpc) is 2.28. The molecule has 0 unspecified atom stereocenters. The summed E-state index contributed by atoms with van der Waals surface area (Å²) in [6.45, 7) is 4.34. The lowest BCUT2D eigenvalue weighted by atomic mass is 10.2. The Morgan fingerprint density at radius 2 is 2.00 bits per heavy atom. The summed E-state index contributed by atoms with van der Waals surface area (Å²) in [5.41, 5.74) is 3.25. The maximum atomic E-state index is 10.9. The van der Waals surface area contributed by atoms with Crippen molar-refractivity contribution in [3.8, 4) is 0 Å². The van der Waals surface area contributed by atoms with Crippen LogP contribution in [0.4, 0.5) is 0 Å². The van der Waals surface area contributed by atoms with Gasteiger partial charge in [0.15, 0.2) is 0 Å². The van der Waals surface area contributed by atoms with Crippen molar-refractivity contribution in [2.24, 2.45) is 7.05 Å². The summed E-state index contributed by atoms with van der Waals surface area (Å²) in [5.74, 6) is 0. The summed E-state index contributed by atoms with van der Waals surface area (Å²) >= 11 is 0. The van der Waals surface area contributed by atoms with Crippen LogP contribution < -0.4 is 4.72 Å². The highest BCUT2D eigenvalue weighted by atomic mass is 32.2. The molecule has 1 rings (SSSR count). The molecule has 1 N–H and O–H groups in total. The number of hydrogen-bond acceptors (Lipinski definition) is 2. The van der Waals surface area contributed by atoms with E-state index < -0.39 is 10.0 Å². The van der Waals surface area contributed by atoms with Crippen molar-refractivity contribution in [3.05, 3.63) is 23.0 Å². The molecule has 0 atom stereocenters. The molecule has 0 aromatic carbocycles. The fourth-order valence-electron chi connectivity index (χ4n) is 1.32. The van der Waals surface area contributed by atoms with Gasteiger partial charge in [-0.25, -0.2) is 13.1 Å². The van der Waals surface area contributed by atoms with Gasteiger partial charge in [0.2, 0.25) is 10.0 Å². The summed E-state index contributed by atoms with van der Waals surface area (Å²) in [6, 6.07) is 1.99. The van der Waals surface area contributed by atoms with E-state index in [0.717, 1.165) is 23.2 Å². The zero-order valence-electron chi connectivity index (χ0n) is 8.96. The fourth-order valence-corrected chi connectivity index (χ4v) is 1.74. The summed E-state index contributed by atoms with van der Waals surface area (Å²) in [7, 11) is -1.14. The number of nitrogens with one attached hydrogen (secondary N) is 1. The van der Waals surface area contributed by atoms with E-state index in [9.17, 15) is 8.42 Å². The highest BCUT2D eigenvalue weighted by molar-refractivity contribution is 7.88. The number of nitrogens with zero attached hydrogens (tertiary/aromatic N) is 1. The molecule has 80 valence electrons. The summed E-state index contributed by atoms with van der Waals surface area (Å²) < 4.78 is 26.3. The van der Waals surface area contributed by atoms with Gasteiger partial charge in [-0.2, -0.15) is 0 Å². The maximum absolute atomic E-state index is 10.9. The van der Waals surface area contributed by atoms with Gasteiger partial charge in [0, 0.05) is 25.0 Å². The van der Waals surface area contributed by atoms with Crippen molar-refractivity contribution in [1.82, 2.24) is 9.29 Å². The van der Waals surface area contributed by atoms with Gasteiger partial charge < -0.3 is 4.57 Å². The van der Waals surface area contributed by atoms with E-state index in [1.165, 1.54) is 0 Å². The topological polar surface area (TPSA) is 51.1 Å². The predicted octanol–water partition coefficient (Wildman–Crippen LogP) is 0.691. The van der Waals surface area contributed by atoms with Crippen LogP contribution >= 0.6 is 0 Å². The Kier molecular flexibility index (Phi) is 3.01. The molecule has 1 aromatic heterocycles. The van der Waals surface area contributed by atoms with Gasteiger partial charge in [-0.1, -0.05) is 0 Å². The van der Waals surface area contributed by atoms with Crippen LogP contribution in [0.2, 0.25) is 0 Å². The molecule has 0 aliphatic carbocycles. The monoisotopic (exact) mass is 216 g/mol. The molecule has 14 heavy (non-hydrogen) atoms. The predicted molar refractivity (Wildman–Crippen MR) is 56.6 cm³/mol. The van der Waals surface area contributed by atoms with Crippen molar-refractivity contribution in [3.63, 3.8) is 0 Å². The Morgan fingerprint density at radius 3 is 2.36 bits per heavy atom. The first kappa shape index (κ1) is 11.3. The molecule has 0 bridgehead atoms. The second-order valence-corrected chi connectivity index (χ2v) is 5.38. The van der Waals surface area contributed by atoms with Crippen molar-refractivity contribution < 1.29 is 8.42 Å². The molecule has 0 spiro atoms. The number of hydrogen-bond donors (Lipinski definition) is 1. The fraction of sp³-hybridized carbons (Fsp3) is 0.556. The lowest BCUT2D eigenvalue weighted by molar-refractivity contribution is 0.587. The van der Waals surface area contributed by atoms with Gasteiger partial charge in [-0.05, 0) is 25.5 Å². The quantitative estimate of drug-likeness (QED) is 0.808. The number of aryl methyl sites for hydroxylation is 1. The van der Waals surface area contributed by atoms with Crippen molar-refractivity contribution >= 4 is 10.0 Å². The van der Waals surface area contributed by atoms with Crippen molar-refractivity contribution in [1.29, 1.82) is 0 Å². The third-order valence-corrected chi connectivity index (χ3v) is 3.07. The second-order valence-electron chi connectivity index (χ2n) is 3.55. The van der Waals surface area contributed by atoms with Crippen LogP contribution in [0.15, 0.2) is 6.07 Å². The highest BCUT2D eigenvalue weighted by Crippen LogP contribution is 2.12. The molecule has 5 heteroatoms. The number of sulfonamides is 1. The first-order valence-corrected chi connectivity index (χ1v) is 6.27. The van der Waals surface area contributed by atoms with Crippen molar-refractivity contribution in [2.45, 2.75) is 20.4 Å². The Bertz CT molecular complexity index is 432. The summed E-state index contributed by atoms with van der Waals surface area (Å²) in [5, 5.41) is 0. The minimum atomic E-state index is -3.10. The lowest BCUT2D eigenvalue weighted by Gasteiger charge is -2.03. The van der Waals surface area contributed by atoms with Crippen LogP contribution in [0.5, 0.6) is 0 Å². The third kappa shape index (κ3) is 2.59. The molecule has 0 aliphatic heterocycles. The molecule has 0 amide bonds. The minimum absolute atomic E-state index is 0.367. The van der Waals surface area contributed by atoms with E-state index in [4.69, 9.17) is 0 Å². The van der Waals surface area contributed by atoms with E-state index >= 15 is 0 Å². The van der Waals surface area contributed by atoms with Gasteiger partial charge in [-0.15, -0.1) is 0 Å². The Labute approximate surface area is 85.0 Å². The molecule has 0 saturated carbocycles. The molecule has 0 radical (unpaired) electrons. The summed E-state index contributed by atoms with van der Waals surface area (Å²) in [6.07, 6.45) is 1.16. The van der Waals surface area contributed by atoms with Crippen LogP contribution in [-0.4, -0.2) is 19.2 Å². The SMILES string of the molecule is Cc1cc(CNS(C)(=O)=O)c(C)n1C. The first-order chi connectivity index (χ1) is 6.31. The molecule has 0 fully saturated rings. The van der Waals surface area contributed by atoms with E-state index in [1.54, 1.807) is 0 Å².